The predicted molar refractivity (Wildman–Crippen MR) is 121 cm³/mol. The summed E-state index contributed by atoms with van der Waals surface area (Å²) in [5.41, 5.74) is 3.78. The molecule has 2 aromatic carbocycles. The Morgan fingerprint density at radius 3 is 2.86 bits per heavy atom. The lowest BCUT2D eigenvalue weighted by Crippen LogP contribution is -2.30. The molecule has 2 N–H and O–H groups in total. The minimum absolute atomic E-state index is 0.00547. The van der Waals surface area contributed by atoms with Gasteiger partial charge in [0.1, 0.15) is 17.2 Å². The maximum absolute atomic E-state index is 13.5. The van der Waals surface area contributed by atoms with E-state index in [4.69, 9.17) is 5.26 Å². The van der Waals surface area contributed by atoms with Gasteiger partial charge in [-0.2, -0.15) is 9.78 Å². The summed E-state index contributed by atoms with van der Waals surface area (Å²) < 4.78 is 14.7. The molecule has 0 spiro atoms. The summed E-state index contributed by atoms with van der Waals surface area (Å²) in [5, 5.41) is 26.0. The molecule has 0 saturated carbocycles. The third-order valence-corrected chi connectivity index (χ3v) is 5.97. The van der Waals surface area contributed by atoms with Crippen LogP contribution in [0, 0.1) is 24.1 Å². The van der Waals surface area contributed by atoms with E-state index in [0.717, 1.165) is 23.1 Å². The Hall–Kier alpha value is -4.72. The zero-order valence-electron chi connectivity index (χ0n) is 18.6. The number of hydrogen-bond donors (Lipinski definition) is 2. The number of amides is 2. The Bertz CT molecular complexity index is 1520. The van der Waals surface area contributed by atoms with E-state index in [9.17, 15) is 14.0 Å². The molecule has 1 aliphatic carbocycles. The van der Waals surface area contributed by atoms with E-state index in [2.05, 4.69) is 37.2 Å². The van der Waals surface area contributed by atoms with E-state index in [1.807, 2.05) is 12.1 Å². The molecule has 2 aromatic heterocycles. The van der Waals surface area contributed by atoms with Crippen LogP contribution in [0.3, 0.4) is 0 Å². The van der Waals surface area contributed by atoms with Crippen molar-refractivity contribution >= 4 is 17.6 Å². The molecule has 0 saturated heterocycles. The SMILES string of the molecule is Cc1cc(CNC(=O)c2cc(C(=O)N[C@H]3CCc4cc(C#N)ccc43)n3nnnc3n2)ccc1F. The molecule has 1 atom stereocenters. The van der Waals surface area contributed by atoms with Gasteiger partial charge < -0.3 is 10.6 Å². The van der Waals surface area contributed by atoms with Gasteiger partial charge in [0.2, 0.25) is 0 Å². The third kappa shape index (κ3) is 4.29. The van der Waals surface area contributed by atoms with Crippen LogP contribution in [0.25, 0.3) is 5.78 Å². The molecule has 0 bridgehead atoms. The van der Waals surface area contributed by atoms with Crippen LogP contribution >= 0.6 is 0 Å². The highest BCUT2D eigenvalue weighted by atomic mass is 19.1. The predicted octanol–water partition coefficient (Wildman–Crippen LogP) is 2.19. The van der Waals surface area contributed by atoms with Crippen molar-refractivity contribution in [2.75, 3.05) is 0 Å². The Morgan fingerprint density at radius 1 is 1.20 bits per heavy atom. The summed E-state index contributed by atoms with van der Waals surface area (Å²) in [6.07, 6.45) is 1.42. The smallest absolute Gasteiger partial charge is 0.274 e. The largest absolute Gasteiger partial charge is 0.347 e. The minimum atomic E-state index is -0.526. The van der Waals surface area contributed by atoms with Crippen molar-refractivity contribution in [1.82, 2.24) is 35.7 Å². The van der Waals surface area contributed by atoms with Gasteiger partial charge in [0.15, 0.2) is 0 Å². The maximum Gasteiger partial charge on any atom is 0.274 e. The molecule has 10 nitrogen and oxygen atoms in total. The molecule has 0 radical (unpaired) electrons. The average molecular weight is 470 g/mol. The first-order chi connectivity index (χ1) is 16.9. The Kier molecular flexibility index (Phi) is 5.62. The molecule has 35 heavy (non-hydrogen) atoms. The van der Waals surface area contributed by atoms with Crippen LogP contribution in [0.5, 0.6) is 0 Å². The number of nitrogens with zero attached hydrogens (tertiary/aromatic N) is 6. The first-order valence-corrected chi connectivity index (χ1v) is 10.9. The zero-order valence-corrected chi connectivity index (χ0v) is 18.6. The second kappa shape index (κ2) is 8.90. The van der Waals surface area contributed by atoms with Crippen molar-refractivity contribution < 1.29 is 14.0 Å². The van der Waals surface area contributed by atoms with Crippen LogP contribution < -0.4 is 10.6 Å². The second-order valence-corrected chi connectivity index (χ2v) is 8.27. The number of nitriles is 1. The summed E-state index contributed by atoms with van der Waals surface area (Å²) >= 11 is 0. The van der Waals surface area contributed by atoms with Gasteiger partial charge in [0, 0.05) is 12.6 Å². The van der Waals surface area contributed by atoms with Crippen LogP contribution in [0.2, 0.25) is 0 Å². The van der Waals surface area contributed by atoms with E-state index >= 15 is 0 Å². The van der Waals surface area contributed by atoms with Gasteiger partial charge in [-0.25, -0.2) is 9.37 Å². The topological polar surface area (TPSA) is 138 Å². The van der Waals surface area contributed by atoms with Gasteiger partial charge in [-0.15, -0.1) is 0 Å². The fraction of sp³-hybridized carbons (Fsp3) is 0.208. The highest BCUT2D eigenvalue weighted by Crippen LogP contribution is 2.32. The van der Waals surface area contributed by atoms with Crippen molar-refractivity contribution in [2.24, 2.45) is 0 Å². The van der Waals surface area contributed by atoms with Crippen LogP contribution in [0.4, 0.5) is 4.39 Å². The molecule has 1 aliphatic rings. The number of hydrogen-bond acceptors (Lipinski definition) is 7. The quantitative estimate of drug-likeness (QED) is 0.456. The van der Waals surface area contributed by atoms with Crippen molar-refractivity contribution in [3.63, 3.8) is 0 Å². The number of tetrazole rings is 1. The number of carbonyl (C=O) groups is 2. The van der Waals surface area contributed by atoms with Crippen molar-refractivity contribution in [2.45, 2.75) is 32.4 Å². The molecule has 174 valence electrons. The van der Waals surface area contributed by atoms with Gasteiger partial charge in [-0.1, -0.05) is 23.3 Å². The maximum atomic E-state index is 13.5. The Labute approximate surface area is 198 Å². The third-order valence-electron chi connectivity index (χ3n) is 5.97. The molecular formula is C24H19FN8O2. The number of fused-ring (bicyclic) bond motifs is 2. The summed E-state index contributed by atoms with van der Waals surface area (Å²) in [6, 6.07) is 13.2. The fourth-order valence-corrected chi connectivity index (χ4v) is 4.18. The monoisotopic (exact) mass is 470 g/mol. The molecule has 11 heteroatoms. The average Bonchev–Trinajstić information content (AvgIpc) is 3.50. The van der Waals surface area contributed by atoms with Crippen LogP contribution in [0.15, 0.2) is 42.5 Å². The lowest BCUT2D eigenvalue weighted by atomic mass is 10.1. The van der Waals surface area contributed by atoms with Crippen molar-refractivity contribution in [1.29, 1.82) is 5.26 Å². The number of rotatable bonds is 5. The fourth-order valence-electron chi connectivity index (χ4n) is 4.18. The van der Waals surface area contributed by atoms with Crippen LogP contribution in [0.1, 0.15) is 61.3 Å². The van der Waals surface area contributed by atoms with Crippen molar-refractivity contribution in [3.05, 3.63) is 87.5 Å². The van der Waals surface area contributed by atoms with Crippen LogP contribution in [-0.4, -0.2) is 36.8 Å². The van der Waals surface area contributed by atoms with E-state index in [1.165, 1.54) is 16.6 Å². The summed E-state index contributed by atoms with van der Waals surface area (Å²) in [7, 11) is 0. The number of aryl methyl sites for hydroxylation is 2. The van der Waals surface area contributed by atoms with Gasteiger partial charge in [0.25, 0.3) is 17.6 Å². The second-order valence-electron chi connectivity index (χ2n) is 8.27. The summed E-state index contributed by atoms with van der Waals surface area (Å²) in [4.78, 5) is 30.1. The van der Waals surface area contributed by atoms with Gasteiger partial charge >= 0.3 is 0 Å². The first kappa shape index (κ1) is 22.1. The van der Waals surface area contributed by atoms with E-state index in [-0.39, 0.29) is 35.6 Å². The number of halogens is 1. The van der Waals surface area contributed by atoms with Gasteiger partial charge in [0.05, 0.1) is 17.7 Å². The first-order valence-electron chi connectivity index (χ1n) is 10.9. The number of benzene rings is 2. The number of aromatic nitrogens is 5. The molecule has 0 fully saturated rings. The van der Waals surface area contributed by atoms with Crippen molar-refractivity contribution in [3.8, 4) is 6.07 Å². The molecule has 5 rings (SSSR count). The van der Waals surface area contributed by atoms with Gasteiger partial charge in [-0.3, -0.25) is 9.59 Å². The minimum Gasteiger partial charge on any atom is -0.347 e. The van der Waals surface area contributed by atoms with E-state index in [1.54, 1.807) is 25.1 Å². The summed E-state index contributed by atoms with van der Waals surface area (Å²) in [6.45, 7) is 1.80. The molecule has 4 aromatic rings. The van der Waals surface area contributed by atoms with Crippen LogP contribution in [-0.2, 0) is 13.0 Å². The number of carbonyl (C=O) groups excluding carboxylic acids is 2. The van der Waals surface area contributed by atoms with Gasteiger partial charge in [-0.05, 0) is 70.6 Å². The number of nitrogens with one attached hydrogen (secondary N) is 2. The van der Waals surface area contributed by atoms with E-state index < -0.39 is 11.8 Å². The highest BCUT2D eigenvalue weighted by Gasteiger charge is 2.27. The highest BCUT2D eigenvalue weighted by molar-refractivity contribution is 5.98. The lowest BCUT2D eigenvalue weighted by molar-refractivity contribution is 0.0928. The van der Waals surface area contributed by atoms with E-state index in [0.29, 0.717) is 17.5 Å². The Morgan fingerprint density at radius 2 is 2.06 bits per heavy atom. The molecule has 0 unspecified atom stereocenters. The molecular weight excluding hydrogens is 451 g/mol. The normalized spacial score (nSPS) is 14.4. The summed E-state index contributed by atoms with van der Waals surface area (Å²) in [5.74, 6) is -1.31. The molecule has 0 aliphatic heterocycles. The molecule has 2 heterocycles. The zero-order chi connectivity index (χ0) is 24.5. The lowest BCUT2D eigenvalue weighted by Gasteiger charge is -2.15. The molecule has 2 amide bonds. The standard InChI is InChI=1S/C24H19FN8O2/c1-13-8-15(3-6-18(13)25)12-27-22(34)20-10-21(33-24(29-20)30-31-32-33)23(35)28-19-7-4-16-9-14(11-26)2-5-17(16)19/h2-3,5-6,8-10,19H,4,7,12H2,1H3,(H,27,34)(H,28,35)/t19-/m0/s1. The Balaban J connectivity index is 1.37.